The Morgan fingerprint density at radius 3 is 1.28 bits per heavy atom. The lowest BCUT2D eigenvalue weighted by Crippen LogP contribution is -2.32. The lowest BCUT2D eigenvalue weighted by Gasteiger charge is -2.39. The molecule has 1 spiro atoms. The number of ether oxygens (including phenoxy) is 1. The van der Waals surface area contributed by atoms with Crippen molar-refractivity contribution in [1.82, 2.24) is 15.0 Å². The summed E-state index contributed by atoms with van der Waals surface area (Å²) in [4.78, 5) is 15.0. The van der Waals surface area contributed by atoms with Crippen LogP contribution in [-0.4, -0.2) is 15.0 Å². The molecule has 0 saturated heterocycles. The third-order valence-corrected chi connectivity index (χ3v) is 11.6. The van der Waals surface area contributed by atoms with Gasteiger partial charge in [-0.1, -0.05) is 158 Å². The smallest absolute Gasteiger partial charge is 0.164 e. The Bertz CT molecular complexity index is 3120. The van der Waals surface area contributed by atoms with Gasteiger partial charge in [0.15, 0.2) is 17.5 Å². The van der Waals surface area contributed by atoms with E-state index in [4.69, 9.17) is 19.7 Å². The molecule has 0 radical (unpaired) electrons. The highest BCUT2D eigenvalue weighted by molar-refractivity contribution is 5.89. The molecule has 60 heavy (non-hydrogen) atoms. The van der Waals surface area contributed by atoms with Crippen LogP contribution in [-0.2, 0) is 5.41 Å². The molecule has 9 aromatic rings. The molecule has 1 aromatic heterocycles. The van der Waals surface area contributed by atoms with Crippen LogP contribution in [0.2, 0.25) is 0 Å². The summed E-state index contributed by atoms with van der Waals surface area (Å²) < 4.78 is 7.06. The fourth-order valence-electron chi connectivity index (χ4n) is 8.95. The highest BCUT2D eigenvalue weighted by Gasteiger charge is 2.51. The number of hydrogen-bond donors (Lipinski definition) is 0. The van der Waals surface area contributed by atoms with Crippen molar-refractivity contribution < 1.29 is 4.74 Å². The summed E-state index contributed by atoms with van der Waals surface area (Å²) in [5.74, 6) is 3.23. The summed E-state index contributed by atoms with van der Waals surface area (Å²) in [6.45, 7) is 0. The van der Waals surface area contributed by atoms with E-state index in [9.17, 15) is 10.5 Å². The van der Waals surface area contributed by atoms with Crippen molar-refractivity contribution in [3.8, 4) is 91.2 Å². The first-order chi connectivity index (χ1) is 29.6. The van der Waals surface area contributed by atoms with Crippen molar-refractivity contribution in [2.75, 3.05) is 0 Å². The van der Waals surface area contributed by atoms with Gasteiger partial charge in [0.2, 0.25) is 0 Å². The summed E-state index contributed by atoms with van der Waals surface area (Å²) >= 11 is 0. The van der Waals surface area contributed by atoms with Gasteiger partial charge < -0.3 is 4.74 Å². The van der Waals surface area contributed by atoms with Gasteiger partial charge in [-0.25, -0.2) is 15.0 Å². The van der Waals surface area contributed by atoms with Gasteiger partial charge in [-0.3, -0.25) is 0 Å². The van der Waals surface area contributed by atoms with Gasteiger partial charge in [0.1, 0.15) is 11.5 Å². The van der Waals surface area contributed by atoms with Crippen molar-refractivity contribution >= 4 is 0 Å². The van der Waals surface area contributed by atoms with E-state index in [1.165, 1.54) is 22.3 Å². The number of benzene rings is 8. The maximum atomic E-state index is 9.57. The quantitative estimate of drug-likeness (QED) is 0.173. The van der Waals surface area contributed by atoms with Crippen molar-refractivity contribution in [1.29, 1.82) is 10.5 Å². The molecule has 2 aliphatic rings. The topological polar surface area (TPSA) is 95.5 Å². The van der Waals surface area contributed by atoms with Gasteiger partial charge >= 0.3 is 0 Å². The minimum atomic E-state index is -0.648. The fraction of sp³-hybridized carbons (Fsp3) is 0.0185. The average molecular weight is 766 g/mol. The van der Waals surface area contributed by atoms with Gasteiger partial charge in [0.25, 0.3) is 0 Å². The summed E-state index contributed by atoms with van der Waals surface area (Å²) in [5, 5.41) is 19.1. The molecule has 1 aliphatic carbocycles. The fourth-order valence-corrected chi connectivity index (χ4v) is 8.95. The standard InChI is InChI=1S/C54H31N5O/c55-32-34-27-35(33-56)29-42(28-34)37-21-19-36(20-22-37)40-23-25-47-49(30-40)60-50-31-41(24-26-48(50)54(47)45-17-9-7-15-43(45)44-16-8-10-18-46(44)54)53-58-51(38-11-3-1-4-12-38)57-52(59-53)39-13-5-2-6-14-39/h1-31H. The summed E-state index contributed by atoms with van der Waals surface area (Å²) in [5.41, 5.74) is 13.6. The minimum Gasteiger partial charge on any atom is -0.457 e. The molecule has 278 valence electrons. The van der Waals surface area contributed by atoms with Gasteiger partial charge in [-0.2, -0.15) is 10.5 Å². The number of aromatic nitrogens is 3. The lowest BCUT2D eigenvalue weighted by molar-refractivity contribution is 0.437. The van der Waals surface area contributed by atoms with E-state index in [1.54, 1.807) is 6.07 Å². The SMILES string of the molecule is N#Cc1cc(C#N)cc(-c2ccc(-c3ccc4c(c3)Oc3cc(-c5nc(-c6ccccc6)nc(-c6ccccc6)n5)ccc3C43c4ccccc4-c4ccccc43)cc2)c1. The zero-order chi connectivity index (χ0) is 40.2. The maximum absolute atomic E-state index is 9.57. The van der Waals surface area contributed by atoms with Gasteiger partial charge in [-0.15, -0.1) is 0 Å². The Kier molecular flexibility index (Phi) is 8.05. The first kappa shape index (κ1) is 34.8. The third-order valence-electron chi connectivity index (χ3n) is 11.6. The van der Waals surface area contributed by atoms with Crippen LogP contribution in [0.1, 0.15) is 33.4 Å². The predicted octanol–water partition coefficient (Wildman–Crippen LogP) is 12.4. The Labute approximate surface area is 347 Å². The second-order valence-electron chi connectivity index (χ2n) is 15.0. The van der Waals surface area contributed by atoms with E-state index in [-0.39, 0.29) is 0 Å². The molecule has 0 atom stereocenters. The molecule has 0 amide bonds. The molecule has 1 aliphatic heterocycles. The third kappa shape index (κ3) is 5.51. The molecule has 0 bridgehead atoms. The van der Waals surface area contributed by atoms with E-state index in [1.807, 2.05) is 84.9 Å². The number of fused-ring (bicyclic) bond motifs is 9. The predicted molar refractivity (Wildman–Crippen MR) is 234 cm³/mol. The van der Waals surface area contributed by atoms with Crippen LogP contribution in [0.5, 0.6) is 11.5 Å². The lowest BCUT2D eigenvalue weighted by atomic mass is 9.66. The van der Waals surface area contributed by atoms with Crippen LogP contribution >= 0.6 is 0 Å². The molecule has 0 N–H and O–H groups in total. The maximum Gasteiger partial charge on any atom is 0.164 e. The first-order valence-electron chi connectivity index (χ1n) is 19.7. The molecule has 0 unspecified atom stereocenters. The Hall–Kier alpha value is -8.45. The summed E-state index contributed by atoms with van der Waals surface area (Å²) in [6.07, 6.45) is 0. The second-order valence-corrected chi connectivity index (χ2v) is 15.0. The molecule has 6 nitrogen and oxygen atoms in total. The van der Waals surface area contributed by atoms with Crippen LogP contribution in [0.15, 0.2) is 188 Å². The number of nitrogens with zero attached hydrogens (tertiary/aromatic N) is 5. The van der Waals surface area contributed by atoms with Crippen LogP contribution in [0.25, 0.3) is 67.5 Å². The minimum absolute atomic E-state index is 0.455. The molecule has 2 heterocycles. The number of hydrogen-bond acceptors (Lipinski definition) is 6. The zero-order valence-corrected chi connectivity index (χ0v) is 32.0. The van der Waals surface area contributed by atoms with E-state index in [2.05, 4.69) is 109 Å². The average Bonchev–Trinajstić information content (AvgIpc) is 3.62. The zero-order valence-electron chi connectivity index (χ0n) is 32.0. The van der Waals surface area contributed by atoms with Crippen LogP contribution in [0.3, 0.4) is 0 Å². The van der Waals surface area contributed by atoms with Crippen LogP contribution in [0.4, 0.5) is 0 Å². The summed E-state index contributed by atoms with van der Waals surface area (Å²) in [7, 11) is 0. The van der Waals surface area contributed by atoms with E-state index < -0.39 is 5.41 Å². The molecular formula is C54H31N5O. The Balaban J connectivity index is 1.08. The van der Waals surface area contributed by atoms with Crippen molar-refractivity contribution in [3.63, 3.8) is 0 Å². The van der Waals surface area contributed by atoms with E-state index in [0.29, 0.717) is 28.6 Å². The Morgan fingerprint density at radius 1 is 0.350 bits per heavy atom. The molecule has 11 rings (SSSR count). The normalized spacial score (nSPS) is 12.6. The molecular weight excluding hydrogens is 735 g/mol. The van der Waals surface area contributed by atoms with Crippen molar-refractivity contribution in [3.05, 3.63) is 221 Å². The highest BCUT2D eigenvalue weighted by atomic mass is 16.5. The van der Waals surface area contributed by atoms with E-state index >= 15 is 0 Å². The molecule has 0 saturated carbocycles. The van der Waals surface area contributed by atoms with E-state index in [0.717, 1.165) is 61.6 Å². The van der Waals surface area contributed by atoms with Gasteiger partial charge in [0, 0.05) is 27.8 Å². The largest absolute Gasteiger partial charge is 0.457 e. The van der Waals surface area contributed by atoms with Gasteiger partial charge in [0.05, 0.1) is 28.7 Å². The monoisotopic (exact) mass is 765 g/mol. The highest BCUT2D eigenvalue weighted by Crippen LogP contribution is 2.62. The van der Waals surface area contributed by atoms with Crippen molar-refractivity contribution in [2.24, 2.45) is 0 Å². The second kappa shape index (κ2) is 13.9. The Morgan fingerprint density at radius 2 is 0.767 bits per heavy atom. The van der Waals surface area contributed by atoms with Crippen LogP contribution < -0.4 is 4.74 Å². The number of nitriles is 2. The molecule has 0 fully saturated rings. The number of rotatable bonds is 5. The van der Waals surface area contributed by atoms with Crippen LogP contribution in [0, 0.1) is 22.7 Å². The van der Waals surface area contributed by atoms with Gasteiger partial charge in [-0.05, 0) is 74.8 Å². The summed E-state index contributed by atoms with van der Waals surface area (Å²) in [6, 6.07) is 68.1. The first-order valence-corrected chi connectivity index (χ1v) is 19.7. The van der Waals surface area contributed by atoms with Crippen molar-refractivity contribution in [2.45, 2.75) is 5.41 Å². The molecule has 6 heteroatoms. The molecule has 8 aromatic carbocycles.